The van der Waals surface area contributed by atoms with Crippen LogP contribution in [0.2, 0.25) is 0 Å². The van der Waals surface area contributed by atoms with Crippen LogP contribution in [-0.4, -0.2) is 16.8 Å². The molecule has 0 saturated carbocycles. The lowest BCUT2D eigenvalue weighted by Gasteiger charge is -2.37. The predicted octanol–water partition coefficient (Wildman–Crippen LogP) is 3.03. The molecular weight excluding hydrogens is 200 g/mol. The molecule has 0 amide bonds. The molecule has 0 aromatic carbocycles. The number of fused-ring (bicyclic) bond motifs is 1. The van der Waals surface area contributed by atoms with Crippen molar-refractivity contribution in [3.05, 3.63) is 23.5 Å². The quantitative estimate of drug-likeness (QED) is 0.739. The summed E-state index contributed by atoms with van der Waals surface area (Å²) in [6.45, 7) is 10.5. The van der Waals surface area contributed by atoms with E-state index in [1.807, 2.05) is 6.08 Å². The van der Waals surface area contributed by atoms with E-state index in [1.54, 1.807) is 0 Å². The minimum absolute atomic E-state index is 0.125. The summed E-state index contributed by atoms with van der Waals surface area (Å²) in [6.07, 6.45) is 4.59. The lowest BCUT2D eigenvalue weighted by molar-refractivity contribution is 0.0531. The van der Waals surface area contributed by atoms with Crippen molar-refractivity contribution >= 4 is 0 Å². The molecule has 1 aliphatic heterocycles. The van der Waals surface area contributed by atoms with E-state index in [2.05, 4.69) is 40.7 Å². The van der Waals surface area contributed by atoms with Gasteiger partial charge in [0.25, 0.3) is 0 Å². The highest BCUT2D eigenvalue weighted by Gasteiger charge is 2.42. The average Bonchev–Trinajstić information content (AvgIpc) is 2.39. The molecule has 2 unspecified atom stereocenters. The second-order valence-electron chi connectivity index (χ2n) is 6.20. The van der Waals surface area contributed by atoms with Gasteiger partial charge in [0.05, 0.1) is 6.10 Å². The van der Waals surface area contributed by atoms with E-state index < -0.39 is 6.10 Å². The summed E-state index contributed by atoms with van der Waals surface area (Å²) in [5, 5.41) is 10.2. The van der Waals surface area contributed by atoms with Crippen LogP contribution in [0.1, 0.15) is 41.0 Å². The lowest BCUT2D eigenvalue weighted by Crippen LogP contribution is -2.36. The Balaban J connectivity index is 2.38. The normalized spacial score (nSPS) is 36.6. The molecule has 2 rings (SSSR count). The zero-order chi connectivity index (χ0) is 12.1. The molecule has 0 aromatic rings. The SMILES string of the molecule is CC(C)C1(C)C=C2OC(C)(C)CC2=CC1O. The van der Waals surface area contributed by atoms with Crippen LogP contribution in [0.25, 0.3) is 0 Å². The van der Waals surface area contributed by atoms with Crippen LogP contribution in [0.3, 0.4) is 0 Å². The number of ether oxygens (including phenoxy) is 1. The minimum Gasteiger partial charge on any atom is -0.488 e. The number of rotatable bonds is 1. The van der Waals surface area contributed by atoms with E-state index in [1.165, 1.54) is 0 Å². The first-order valence-electron chi connectivity index (χ1n) is 6.05. The van der Waals surface area contributed by atoms with Crippen LogP contribution < -0.4 is 0 Å². The fourth-order valence-corrected chi connectivity index (χ4v) is 2.45. The monoisotopic (exact) mass is 222 g/mol. The van der Waals surface area contributed by atoms with Gasteiger partial charge in [-0.3, -0.25) is 0 Å². The maximum Gasteiger partial charge on any atom is 0.119 e. The van der Waals surface area contributed by atoms with Crippen LogP contribution in [0.4, 0.5) is 0 Å². The Morgan fingerprint density at radius 3 is 2.56 bits per heavy atom. The molecule has 1 saturated heterocycles. The zero-order valence-electron chi connectivity index (χ0n) is 10.9. The molecule has 2 nitrogen and oxygen atoms in total. The Morgan fingerprint density at radius 2 is 2.00 bits per heavy atom. The van der Waals surface area contributed by atoms with Crippen molar-refractivity contribution in [2.75, 3.05) is 0 Å². The van der Waals surface area contributed by atoms with Crippen molar-refractivity contribution in [3.8, 4) is 0 Å². The summed E-state index contributed by atoms with van der Waals surface area (Å²) in [5.41, 5.74) is 0.828. The van der Waals surface area contributed by atoms with Crippen molar-refractivity contribution in [2.24, 2.45) is 11.3 Å². The number of allylic oxidation sites excluding steroid dienone is 1. The smallest absolute Gasteiger partial charge is 0.119 e. The lowest BCUT2D eigenvalue weighted by atomic mass is 9.71. The minimum atomic E-state index is -0.399. The Labute approximate surface area is 98.0 Å². The number of hydrogen-bond donors (Lipinski definition) is 1. The topological polar surface area (TPSA) is 29.5 Å². The Bertz CT molecular complexity index is 363. The van der Waals surface area contributed by atoms with Crippen LogP contribution in [0, 0.1) is 11.3 Å². The second kappa shape index (κ2) is 3.36. The molecule has 0 bridgehead atoms. The standard InChI is InChI=1S/C14H22O2/c1-9(2)14(5)8-11-10(6-12(14)15)7-13(3,4)16-11/h6,8-9,12,15H,7H2,1-5H3. The Kier molecular flexibility index (Phi) is 2.46. The summed E-state index contributed by atoms with van der Waals surface area (Å²) < 4.78 is 5.93. The van der Waals surface area contributed by atoms with E-state index in [0.717, 1.165) is 17.8 Å². The highest BCUT2D eigenvalue weighted by Crippen LogP contribution is 2.46. The van der Waals surface area contributed by atoms with Crippen molar-refractivity contribution in [1.29, 1.82) is 0 Å². The van der Waals surface area contributed by atoms with E-state index in [-0.39, 0.29) is 11.0 Å². The molecule has 1 heterocycles. The fourth-order valence-electron chi connectivity index (χ4n) is 2.45. The zero-order valence-corrected chi connectivity index (χ0v) is 10.9. The van der Waals surface area contributed by atoms with Gasteiger partial charge in [-0.25, -0.2) is 0 Å². The molecule has 1 N–H and O–H groups in total. The molecule has 2 heteroatoms. The number of hydrogen-bond acceptors (Lipinski definition) is 2. The first kappa shape index (κ1) is 11.7. The average molecular weight is 222 g/mol. The molecule has 0 aromatic heterocycles. The summed E-state index contributed by atoms with van der Waals surface area (Å²) in [4.78, 5) is 0. The molecule has 2 atom stereocenters. The van der Waals surface area contributed by atoms with Crippen molar-refractivity contribution in [3.63, 3.8) is 0 Å². The van der Waals surface area contributed by atoms with Crippen LogP contribution in [-0.2, 0) is 4.74 Å². The molecule has 90 valence electrons. The van der Waals surface area contributed by atoms with Crippen LogP contribution in [0.15, 0.2) is 23.5 Å². The predicted molar refractivity (Wildman–Crippen MR) is 64.9 cm³/mol. The molecule has 1 fully saturated rings. The number of aliphatic hydroxyl groups is 1. The van der Waals surface area contributed by atoms with E-state index in [0.29, 0.717) is 5.92 Å². The van der Waals surface area contributed by atoms with E-state index >= 15 is 0 Å². The molecule has 16 heavy (non-hydrogen) atoms. The van der Waals surface area contributed by atoms with Gasteiger partial charge in [0, 0.05) is 11.8 Å². The van der Waals surface area contributed by atoms with E-state index in [4.69, 9.17) is 4.74 Å². The first-order chi connectivity index (χ1) is 7.24. The van der Waals surface area contributed by atoms with Crippen molar-refractivity contribution < 1.29 is 9.84 Å². The highest BCUT2D eigenvalue weighted by molar-refractivity contribution is 5.39. The Hall–Kier alpha value is -0.760. The maximum atomic E-state index is 10.2. The molecule has 0 radical (unpaired) electrons. The third-order valence-electron chi connectivity index (χ3n) is 4.00. The largest absolute Gasteiger partial charge is 0.488 e. The first-order valence-corrected chi connectivity index (χ1v) is 6.05. The van der Waals surface area contributed by atoms with Gasteiger partial charge in [0.15, 0.2) is 0 Å². The van der Waals surface area contributed by atoms with Crippen LogP contribution in [0.5, 0.6) is 0 Å². The van der Waals surface area contributed by atoms with Gasteiger partial charge in [-0.1, -0.05) is 20.8 Å². The molecule has 0 spiro atoms. The summed E-state index contributed by atoms with van der Waals surface area (Å²) >= 11 is 0. The van der Waals surface area contributed by atoms with Gasteiger partial charge in [-0.15, -0.1) is 0 Å². The second-order valence-corrected chi connectivity index (χ2v) is 6.20. The molecular formula is C14H22O2. The van der Waals surface area contributed by atoms with Gasteiger partial charge in [-0.05, 0) is 37.5 Å². The maximum absolute atomic E-state index is 10.2. The van der Waals surface area contributed by atoms with Crippen LogP contribution >= 0.6 is 0 Å². The van der Waals surface area contributed by atoms with Gasteiger partial charge in [0.1, 0.15) is 11.4 Å². The summed E-state index contributed by atoms with van der Waals surface area (Å²) in [6, 6.07) is 0. The number of aliphatic hydroxyl groups excluding tert-OH is 1. The third-order valence-corrected chi connectivity index (χ3v) is 4.00. The molecule has 2 aliphatic rings. The highest BCUT2D eigenvalue weighted by atomic mass is 16.5. The van der Waals surface area contributed by atoms with Gasteiger partial charge < -0.3 is 9.84 Å². The summed E-state index contributed by atoms with van der Waals surface area (Å²) in [5.74, 6) is 1.37. The van der Waals surface area contributed by atoms with Crippen molar-refractivity contribution in [1.82, 2.24) is 0 Å². The van der Waals surface area contributed by atoms with E-state index in [9.17, 15) is 5.11 Å². The third kappa shape index (κ3) is 1.69. The Morgan fingerprint density at radius 1 is 1.38 bits per heavy atom. The fraction of sp³-hybridized carbons (Fsp3) is 0.714. The van der Waals surface area contributed by atoms with Gasteiger partial charge in [-0.2, -0.15) is 0 Å². The van der Waals surface area contributed by atoms with Gasteiger partial charge >= 0.3 is 0 Å². The van der Waals surface area contributed by atoms with Gasteiger partial charge in [0.2, 0.25) is 0 Å². The summed E-state index contributed by atoms with van der Waals surface area (Å²) in [7, 11) is 0. The van der Waals surface area contributed by atoms with Crippen molar-refractivity contribution in [2.45, 2.75) is 52.7 Å². The molecule has 1 aliphatic carbocycles.